The van der Waals surface area contributed by atoms with Gasteiger partial charge in [-0.05, 0) is 40.9 Å². The largest absolute Gasteiger partial charge is 0.507 e. The van der Waals surface area contributed by atoms with Crippen LogP contribution in [-0.2, 0) is 26.8 Å². The van der Waals surface area contributed by atoms with Gasteiger partial charge >= 0.3 is 0 Å². The molecule has 0 unspecified atom stereocenters. The maximum Gasteiger partial charge on any atom is 0.140 e. The van der Waals surface area contributed by atoms with Crippen LogP contribution in [0.5, 0.6) is 5.75 Å². The molecule has 1 aromatic carbocycles. The molecule has 1 aromatic rings. The van der Waals surface area contributed by atoms with Gasteiger partial charge in [-0.25, -0.2) is 0 Å². The third-order valence-corrected chi connectivity index (χ3v) is 3.98. The average molecular weight is 318 g/mol. The van der Waals surface area contributed by atoms with Crippen LogP contribution in [0.3, 0.4) is 0 Å². The van der Waals surface area contributed by atoms with Crippen molar-refractivity contribution in [2.75, 3.05) is 0 Å². The van der Waals surface area contributed by atoms with Gasteiger partial charge < -0.3 is 5.11 Å². The molecule has 1 rings (SSSR count). The minimum absolute atomic E-state index is 0.0220. The molecule has 3 nitrogen and oxygen atoms in total. The molecule has 0 amide bonds. The van der Waals surface area contributed by atoms with E-state index in [0.29, 0.717) is 6.42 Å². The highest BCUT2D eigenvalue weighted by atomic mass is 16.3. The van der Waals surface area contributed by atoms with Gasteiger partial charge in [-0.15, -0.1) is 0 Å². The lowest BCUT2D eigenvalue weighted by molar-refractivity contribution is -0.125. The van der Waals surface area contributed by atoms with Gasteiger partial charge in [-0.3, -0.25) is 9.59 Å². The fourth-order valence-corrected chi connectivity index (χ4v) is 2.53. The Bertz CT molecular complexity index is 599. The van der Waals surface area contributed by atoms with E-state index < -0.39 is 0 Å². The highest BCUT2D eigenvalue weighted by Crippen LogP contribution is 2.38. The van der Waals surface area contributed by atoms with E-state index in [1.54, 1.807) is 0 Å². The van der Waals surface area contributed by atoms with Gasteiger partial charge in [0.15, 0.2) is 0 Å². The maximum atomic E-state index is 11.8. The summed E-state index contributed by atoms with van der Waals surface area (Å²) in [6, 6.07) is 4.06. The molecule has 0 saturated heterocycles. The lowest BCUT2D eigenvalue weighted by Crippen LogP contribution is -2.18. The predicted octanol–water partition coefficient (Wildman–Crippen LogP) is 4.47. The number of carbonyl (C=O) groups is 2. The van der Waals surface area contributed by atoms with Crippen molar-refractivity contribution < 1.29 is 14.7 Å². The highest BCUT2D eigenvalue weighted by Gasteiger charge is 2.25. The third kappa shape index (κ3) is 5.49. The first-order chi connectivity index (χ1) is 10.3. The summed E-state index contributed by atoms with van der Waals surface area (Å²) >= 11 is 0. The topological polar surface area (TPSA) is 54.4 Å². The van der Waals surface area contributed by atoms with Crippen LogP contribution < -0.4 is 0 Å². The number of Topliss-reactive ketones (excluding diaryl/α,β-unsaturated/α-hetero) is 2. The first-order valence-corrected chi connectivity index (χ1v) is 8.20. The second-order valence-corrected chi connectivity index (χ2v) is 8.45. The van der Waals surface area contributed by atoms with Crippen molar-refractivity contribution in [1.82, 2.24) is 0 Å². The van der Waals surface area contributed by atoms with Crippen LogP contribution in [0.1, 0.15) is 78.0 Å². The molecule has 0 aliphatic heterocycles. The van der Waals surface area contributed by atoms with Crippen LogP contribution in [0.25, 0.3) is 0 Å². The molecule has 23 heavy (non-hydrogen) atoms. The molecule has 0 heterocycles. The van der Waals surface area contributed by atoms with E-state index in [-0.39, 0.29) is 41.0 Å². The Labute approximate surface area is 140 Å². The Balaban J connectivity index is 3.20. The molecular formula is C20H30O3. The first-order valence-electron chi connectivity index (χ1n) is 8.20. The van der Waals surface area contributed by atoms with Gasteiger partial charge in [-0.1, -0.05) is 53.7 Å². The molecule has 0 aromatic heterocycles. The number of phenolic OH excluding ortho intramolecular Hbond substituents is 1. The van der Waals surface area contributed by atoms with Crippen LogP contribution in [0.2, 0.25) is 0 Å². The Morgan fingerprint density at radius 2 is 1.57 bits per heavy atom. The number of aryl methyl sites for hydroxylation is 1. The van der Waals surface area contributed by atoms with E-state index >= 15 is 0 Å². The van der Waals surface area contributed by atoms with Crippen LogP contribution >= 0.6 is 0 Å². The number of benzene rings is 1. The van der Waals surface area contributed by atoms with Crippen molar-refractivity contribution in [2.45, 2.75) is 78.6 Å². The monoisotopic (exact) mass is 318 g/mol. The Kier molecular flexibility index (Phi) is 5.79. The van der Waals surface area contributed by atoms with E-state index in [1.165, 1.54) is 6.92 Å². The van der Waals surface area contributed by atoms with E-state index in [4.69, 9.17) is 0 Å². The summed E-state index contributed by atoms with van der Waals surface area (Å²) in [6.07, 6.45) is 0.723. The number of hydrogen-bond donors (Lipinski definition) is 1. The SMILES string of the molecule is CC(=O)CC(=O)CCc1cc(C(C)(C)C)cc(C(C)(C)C)c1O. The second-order valence-electron chi connectivity index (χ2n) is 8.45. The fourth-order valence-electron chi connectivity index (χ4n) is 2.53. The summed E-state index contributed by atoms with van der Waals surface area (Å²) < 4.78 is 0. The molecule has 0 saturated carbocycles. The van der Waals surface area contributed by atoms with Crippen molar-refractivity contribution in [1.29, 1.82) is 0 Å². The fraction of sp³-hybridized carbons (Fsp3) is 0.600. The number of ketones is 2. The van der Waals surface area contributed by atoms with Crippen molar-refractivity contribution in [3.8, 4) is 5.75 Å². The Morgan fingerprint density at radius 1 is 1.00 bits per heavy atom. The summed E-state index contributed by atoms with van der Waals surface area (Å²) in [7, 11) is 0. The summed E-state index contributed by atoms with van der Waals surface area (Å²) in [4.78, 5) is 22.8. The molecule has 0 fully saturated rings. The zero-order valence-electron chi connectivity index (χ0n) is 15.5. The molecule has 128 valence electrons. The zero-order chi connectivity index (χ0) is 18.0. The number of rotatable bonds is 5. The molecule has 1 N–H and O–H groups in total. The molecule has 0 aliphatic carbocycles. The molecule has 0 radical (unpaired) electrons. The normalized spacial score (nSPS) is 12.3. The molecule has 0 bridgehead atoms. The summed E-state index contributed by atoms with van der Waals surface area (Å²) in [5.74, 6) is 0.0922. The zero-order valence-corrected chi connectivity index (χ0v) is 15.5. The maximum absolute atomic E-state index is 11.8. The summed E-state index contributed by atoms with van der Waals surface area (Å²) in [5, 5.41) is 10.6. The van der Waals surface area contributed by atoms with E-state index in [1.807, 2.05) is 6.07 Å². The minimum atomic E-state index is -0.177. The third-order valence-electron chi connectivity index (χ3n) is 3.98. The molecule has 3 heteroatoms. The van der Waals surface area contributed by atoms with Gasteiger partial charge in [-0.2, -0.15) is 0 Å². The van der Waals surface area contributed by atoms with Crippen molar-refractivity contribution in [3.63, 3.8) is 0 Å². The smallest absolute Gasteiger partial charge is 0.140 e. The number of carbonyl (C=O) groups excluding carboxylic acids is 2. The molecule has 0 spiro atoms. The predicted molar refractivity (Wildman–Crippen MR) is 94.1 cm³/mol. The Hall–Kier alpha value is -1.64. The van der Waals surface area contributed by atoms with Crippen LogP contribution in [-0.4, -0.2) is 16.7 Å². The van der Waals surface area contributed by atoms with Gasteiger partial charge in [0.05, 0.1) is 6.42 Å². The standard InChI is InChI=1S/C20H30O3/c1-13(21)10-16(22)9-8-14-11-15(19(2,3)4)12-17(18(14)23)20(5,6)7/h11-12,23H,8-10H2,1-7H3. The van der Waals surface area contributed by atoms with Gasteiger partial charge in [0.25, 0.3) is 0 Å². The van der Waals surface area contributed by atoms with Gasteiger partial charge in [0, 0.05) is 6.42 Å². The van der Waals surface area contributed by atoms with Crippen LogP contribution in [0, 0.1) is 0 Å². The van der Waals surface area contributed by atoms with E-state index in [2.05, 4.69) is 47.6 Å². The van der Waals surface area contributed by atoms with Gasteiger partial charge in [0.2, 0.25) is 0 Å². The number of hydrogen-bond acceptors (Lipinski definition) is 3. The van der Waals surface area contributed by atoms with Crippen LogP contribution in [0.15, 0.2) is 12.1 Å². The second kappa shape index (κ2) is 6.86. The lowest BCUT2D eigenvalue weighted by Gasteiger charge is -2.27. The van der Waals surface area contributed by atoms with Crippen molar-refractivity contribution in [2.24, 2.45) is 0 Å². The summed E-state index contributed by atoms with van der Waals surface area (Å²) in [6.45, 7) is 14.0. The molecule has 0 atom stereocenters. The Morgan fingerprint density at radius 3 is 2.00 bits per heavy atom. The van der Waals surface area contributed by atoms with Gasteiger partial charge in [0.1, 0.15) is 17.3 Å². The minimum Gasteiger partial charge on any atom is -0.507 e. The van der Waals surface area contributed by atoms with Crippen molar-refractivity contribution >= 4 is 11.6 Å². The molecular weight excluding hydrogens is 288 g/mol. The quantitative estimate of drug-likeness (QED) is 0.815. The lowest BCUT2D eigenvalue weighted by atomic mass is 9.78. The number of aromatic hydroxyl groups is 1. The van der Waals surface area contributed by atoms with E-state index in [0.717, 1.165) is 16.7 Å². The highest BCUT2D eigenvalue weighted by molar-refractivity contribution is 5.97. The average Bonchev–Trinajstić information content (AvgIpc) is 2.33. The summed E-state index contributed by atoms with van der Waals surface area (Å²) in [5.41, 5.74) is 2.63. The first kappa shape index (κ1) is 19.4. The van der Waals surface area contributed by atoms with E-state index in [9.17, 15) is 14.7 Å². The van der Waals surface area contributed by atoms with Crippen molar-refractivity contribution in [3.05, 3.63) is 28.8 Å². The number of phenols is 1. The molecule has 0 aliphatic rings. The van der Waals surface area contributed by atoms with Crippen LogP contribution in [0.4, 0.5) is 0 Å².